The average molecular weight is 440 g/mol. The van der Waals surface area contributed by atoms with E-state index in [1.54, 1.807) is 13.8 Å². The zero-order valence-corrected chi connectivity index (χ0v) is 17.2. The summed E-state index contributed by atoms with van der Waals surface area (Å²) < 4.78 is 16.6. The molecule has 0 aromatic carbocycles. The van der Waals surface area contributed by atoms with Gasteiger partial charge in [0.15, 0.2) is 12.1 Å². The second kappa shape index (κ2) is 8.36. The number of fused-ring (bicyclic) bond motifs is 3. The number of carbonyl (C=O) groups is 2. The quantitative estimate of drug-likeness (QED) is 0.315. The molecule has 172 valence electrons. The number of aliphatic hydroxyl groups is 5. The van der Waals surface area contributed by atoms with Gasteiger partial charge in [0.1, 0.15) is 30.5 Å². The van der Waals surface area contributed by atoms with Gasteiger partial charge in [-0.1, -0.05) is 12.5 Å². The van der Waals surface area contributed by atoms with Crippen LogP contribution in [0.1, 0.15) is 20.3 Å². The van der Waals surface area contributed by atoms with Gasteiger partial charge in [-0.15, -0.1) is 0 Å². The molecule has 0 aromatic heterocycles. The van der Waals surface area contributed by atoms with Crippen molar-refractivity contribution in [3.8, 4) is 0 Å². The van der Waals surface area contributed by atoms with Crippen molar-refractivity contribution in [3.05, 3.63) is 22.8 Å². The Hall–Kier alpha value is -1.66. The number of esters is 1. The molecular weight excluding hydrogens is 412 g/mol. The molecule has 2 aliphatic heterocycles. The van der Waals surface area contributed by atoms with Crippen molar-refractivity contribution >= 4 is 11.8 Å². The Balaban J connectivity index is 1.57. The van der Waals surface area contributed by atoms with Crippen molar-refractivity contribution in [2.45, 2.75) is 63.2 Å². The van der Waals surface area contributed by atoms with Gasteiger partial charge in [-0.05, 0) is 25.0 Å². The van der Waals surface area contributed by atoms with Gasteiger partial charge in [0.2, 0.25) is 0 Å². The lowest BCUT2D eigenvalue weighted by Crippen LogP contribution is -2.59. The van der Waals surface area contributed by atoms with Gasteiger partial charge in [0.25, 0.3) is 0 Å². The summed E-state index contributed by atoms with van der Waals surface area (Å²) >= 11 is 0. The molecule has 5 N–H and O–H groups in total. The van der Waals surface area contributed by atoms with Crippen LogP contribution >= 0.6 is 0 Å². The van der Waals surface area contributed by atoms with Crippen LogP contribution in [-0.4, -0.2) is 93.4 Å². The van der Waals surface area contributed by atoms with Crippen molar-refractivity contribution in [2.75, 3.05) is 13.2 Å². The molecule has 4 aliphatic rings. The van der Waals surface area contributed by atoms with E-state index in [0.717, 1.165) is 5.57 Å². The number of carbonyl (C=O) groups excluding carboxylic acids is 2. The van der Waals surface area contributed by atoms with Gasteiger partial charge < -0.3 is 39.7 Å². The topological polar surface area (TPSA) is 163 Å². The van der Waals surface area contributed by atoms with E-state index in [4.69, 9.17) is 14.2 Å². The molecular formula is C21H28O10. The predicted molar refractivity (Wildman–Crippen MR) is 102 cm³/mol. The highest BCUT2D eigenvalue weighted by Gasteiger charge is 2.55. The van der Waals surface area contributed by atoms with E-state index < -0.39 is 73.2 Å². The summed E-state index contributed by atoms with van der Waals surface area (Å²) in [5.41, 5.74) is 1.70. The lowest BCUT2D eigenvalue weighted by atomic mass is 9.79. The number of rotatable bonds is 4. The third-order valence-electron chi connectivity index (χ3n) is 6.88. The first-order valence-electron chi connectivity index (χ1n) is 10.4. The minimum atomic E-state index is -1.58. The summed E-state index contributed by atoms with van der Waals surface area (Å²) in [6.07, 6.45) is -7.01. The van der Waals surface area contributed by atoms with Crippen LogP contribution in [0.3, 0.4) is 0 Å². The maximum absolute atomic E-state index is 12.8. The smallest absolute Gasteiger partial charge is 0.309 e. The third-order valence-corrected chi connectivity index (χ3v) is 6.88. The van der Waals surface area contributed by atoms with Gasteiger partial charge >= 0.3 is 5.97 Å². The molecule has 0 unspecified atom stereocenters. The van der Waals surface area contributed by atoms with Crippen molar-refractivity contribution < 1.29 is 49.3 Å². The SMILES string of the molecule is CC1=C2C(=O)C=C(CO[C@H]3O[C@@H](CO)[C@H](O)[C@@H](O)[C@@H]3O)[C@H]2[C@@H]2OC(=O)[C@@H](C)[C@H]2[C@H](O)C1. The van der Waals surface area contributed by atoms with E-state index in [1.807, 2.05) is 0 Å². The Morgan fingerprint density at radius 2 is 1.84 bits per heavy atom. The molecule has 2 heterocycles. The van der Waals surface area contributed by atoms with Crippen LogP contribution < -0.4 is 0 Å². The number of hydrogen-bond donors (Lipinski definition) is 5. The van der Waals surface area contributed by atoms with Crippen LogP contribution in [0.15, 0.2) is 22.8 Å². The van der Waals surface area contributed by atoms with Crippen molar-refractivity contribution in [2.24, 2.45) is 17.8 Å². The van der Waals surface area contributed by atoms with Gasteiger partial charge in [0, 0.05) is 17.4 Å². The summed E-state index contributed by atoms with van der Waals surface area (Å²) in [6.45, 7) is 2.70. The van der Waals surface area contributed by atoms with E-state index >= 15 is 0 Å². The molecule has 0 spiro atoms. The highest BCUT2D eigenvalue weighted by Crippen LogP contribution is 2.48. The minimum Gasteiger partial charge on any atom is -0.461 e. The van der Waals surface area contributed by atoms with E-state index in [2.05, 4.69) is 0 Å². The van der Waals surface area contributed by atoms with Gasteiger partial charge in [-0.25, -0.2) is 0 Å². The summed E-state index contributed by atoms with van der Waals surface area (Å²) in [7, 11) is 0. The summed E-state index contributed by atoms with van der Waals surface area (Å²) in [4.78, 5) is 25.0. The zero-order valence-electron chi connectivity index (χ0n) is 17.2. The van der Waals surface area contributed by atoms with Crippen LogP contribution in [0.5, 0.6) is 0 Å². The number of allylic oxidation sites excluding steroid dienone is 1. The number of hydrogen-bond acceptors (Lipinski definition) is 10. The standard InChI is InChI=1S/C21H28O10/c1-7-3-10(23)14-8(2)20(28)31-19(14)15-9(4-11(24)13(7)15)6-29-21-18(27)17(26)16(25)12(5-22)30-21/h4,8,10,12,14-19,21-23,25-27H,3,5-6H2,1-2H3/t8-,10+,12-,14-,15+,16-,17+,18-,19+,21-/m0/s1. The molecule has 0 amide bonds. The van der Waals surface area contributed by atoms with Crippen molar-refractivity contribution in [1.29, 1.82) is 0 Å². The lowest BCUT2D eigenvalue weighted by molar-refractivity contribution is -0.299. The summed E-state index contributed by atoms with van der Waals surface area (Å²) in [6, 6.07) is 0. The van der Waals surface area contributed by atoms with Crippen molar-refractivity contribution in [1.82, 2.24) is 0 Å². The average Bonchev–Trinajstić information content (AvgIpc) is 3.17. The zero-order chi connectivity index (χ0) is 22.6. The molecule has 10 nitrogen and oxygen atoms in total. The summed E-state index contributed by atoms with van der Waals surface area (Å²) in [5.74, 6) is -2.27. The van der Waals surface area contributed by atoms with Gasteiger partial charge in [0.05, 0.1) is 25.2 Å². The number of ketones is 1. The third kappa shape index (κ3) is 3.66. The van der Waals surface area contributed by atoms with Crippen LogP contribution in [0.2, 0.25) is 0 Å². The maximum atomic E-state index is 12.8. The number of ether oxygens (including phenoxy) is 3. The first kappa shape index (κ1) is 22.5. The molecule has 10 atom stereocenters. The van der Waals surface area contributed by atoms with Crippen LogP contribution in [-0.2, 0) is 23.8 Å². The Morgan fingerprint density at radius 3 is 2.52 bits per heavy atom. The first-order chi connectivity index (χ1) is 14.6. The molecule has 2 saturated heterocycles. The molecule has 31 heavy (non-hydrogen) atoms. The van der Waals surface area contributed by atoms with Crippen LogP contribution in [0.4, 0.5) is 0 Å². The second-order valence-electron chi connectivity index (χ2n) is 8.80. The fraction of sp³-hybridized carbons (Fsp3) is 0.714. The monoisotopic (exact) mass is 440 g/mol. The van der Waals surface area contributed by atoms with Crippen LogP contribution in [0.25, 0.3) is 0 Å². The predicted octanol–water partition coefficient (Wildman–Crippen LogP) is -1.81. The molecule has 2 aliphatic carbocycles. The minimum absolute atomic E-state index is 0.179. The number of aliphatic hydroxyl groups excluding tert-OH is 5. The Kier molecular flexibility index (Phi) is 6.08. The molecule has 2 fully saturated rings. The molecule has 10 heteroatoms. The lowest BCUT2D eigenvalue weighted by Gasteiger charge is -2.39. The van der Waals surface area contributed by atoms with Gasteiger partial charge in [-0.3, -0.25) is 9.59 Å². The first-order valence-corrected chi connectivity index (χ1v) is 10.4. The molecule has 0 radical (unpaired) electrons. The molecule has 0 bridgehead atoms. The van der Waals surface area contributed by atoms with E-state index in [-0.39, 0.29) is 18.8 Å². The summed E-state index contributed by atoms with van der Waals surface area (Å²) in [5, 5.41) is 50.0. The molecule has 0 aromatic rings. The second-order valence-corrected chi connectivity index (χ2v) is 8.80. The van der Waals surface area contributed by atoms with E-state index in [0.29, 0.717) is 11.1 Å². The Morgan fingerprint density at radius 1 is 1.13 bits per heavy atom. The Bertz CT molecular complexity index is 817. The largest absolute Gasteiger partial charge is 0.461 e. The van der Waals surface area contributed by atoms with Crippen LogP contribution in [0, 0.1) is 17.8 Å². The van der Waals surface area contributed by atoms with E-state index in [9.17, 15) is 35.1 Å². The normalized spacial score (nSPS) is 45.2. The van der Waals surface area contributed by atoms with Gasteiger partial charge in [-0.2, -0.15) is 0 Å². The molecule has 0 saturated carbocycles. The highest BCUT2D eigenvalue weighted by atomic mass is 16.7. The molecule has 4 rings (SSSR count). The van der Waals surface area contributed by atoms with Crippen molar-refractivity contribution in [3.63, 3.8) is 0 Å². The fourth-order valence-electron chi connectivity index (χ4n) is 5.20. The van der Waals surface area contributed by atoms with E-state index in [1.165, 1.54) is 6.08 Å². The Labute approximate surface area is 178 Å². The maximum Gasteiger partial charge on any atom is 0.309 e. The highest BCUT2D eigenvalue weighted by molar-refractivity contribution is 6.09. The fourth-order valence-corrected chi connectivity index (χ4v) is 5.20.